The highest BCUT2D eigenvalue weighted by Crippen LogP contribution is 2.33. The van der Waals surface area contributed by atoms with Gasteiger partial charge in [-0.1, -0.05) is 32.9 Å². The Kier molecular flexibility index (Phi) is 6.88. The van der Waals surface area contributed by atoms with Crippen LogP contribution in [0.4, 0.5) is 5.00 Å². The van der Waals surface area contributed by atoms with Crippen molar-refractivity contribution in [2.45, 2.75) is 60.0 Å². The predicted molar refractivity (Wildman–Crippen MR) is 114 cm³/mol. The van der Waals surface area contributed by atoms with Gasteiger partial charge in [0.25, 0.3) is 5.91 Å². The molecule has 1 aromatic heterocycles. The Labute approximate surface area is 171 Å². The van der Waals surface area contributed by atoms with E-state index in [1.54, 1.807) is 13.8 Å². The van der Waals surface area contributed by atoms with Crippen LogP contribution < -0.4 is 10.1 Å². The molecule has 2 aromatic rings. The minimum Gasteiger partial charge on any atom is -0.484 e. The van der Waals surface area contributed by atoms with Crippen LogP contribution in [0.1, 0.15) is 61.0 Å². The lowest BCUT2D eigenvalue weighted by Gasteiger charge is -2.19. The van der Waals surface area contributed by atoms with Crippen LogP contribution in [-0.2, 0) is 14.9 Å². The molecule has 0 aliphatic carbocycles. The summed E-state index contributed by atoms with van der Waals surface area (Å²) in [5, 5.41) is 3.28. The number of esters is 1. The van der Waals surface area contributed by atoms with E-state index in [4.69, 9.17) is 9.47 Å². The Bertz CT molecular complexity index is 845. The molecule has 0 bridgehead atoms. The molecule has 1 heterocycles. The third-order valence-electron chi connectivity index (χ3n) is 4.28. The summed E-state index contributed by atoms with van der Waals surface area (Å²) < 4.78 is 10.9. The van der Waals surface area contributed by atoms with Crippen molar-refractivity contribution in [2.24, 2.45) is 0 Å². The molecule has 0 unspecified atom stereocenters. The van der Waals surface area contributed by atoms with Gasteiger partial charge in [-0.2, -0.15) is 0 Å². The van der Waals surface area contributed by atoms with Crippen molar-refractivity contribution < 1.29 is 19.1 Å². The average Bonchev–Trinajstić information content (AvgIpc) is 2.86. The van der Waals surface area contributed by atoms with E-state index >= 15 is 0 Å². The number of aryl methyl sites for hydroxylation is 1. The summed E-state index contributed by atoms with van der Waals surface area (Å²) in [5.74, 6) is -0.119. The Morgan fingerprint density at radius 2 is 1.71 bits per heavy atom. The fourth-order valence-electron chi connectivity index (χ4n) is 2.60. The van der Waals surface area contributed by atoms with Crippen LogP contribution in [0.25, 0.3) is 0 Å². The van der Waals surface area contributed by atoms with Gasteiger partial charge < -0.3 is 14.8 Å². The number of thiophene rings is 1. The van der Waals surface area contributed by atoms with Gasteiger partial charge >= 0.3 is 5.97 Å². The molecule has 0 aliphatic heterocycles. The standard InChI is InChI=1S/C22H29NO4S/c1-13(2)27-21(25)19-14(3)15(4)28-20(19)23-18(24)12-26-17-10-8-16(9-11-17)22(5,6)7/h8-11,13H,12H2,1-7H3,(H,23,24). The number of rotatable bonds is 6. The number of carbonyl (C=O) groups is 2. The van der Waals surface area contributed by atoms with E-state index in [9.17, 15) is 9.59 Å². The topological polar surface area (TPSA) is 64.6 Å². The molecule has 0 radical (unpaired) electrons. The summed E-state index contributed by atoms with van der Waals surface area (Å²) in [5.41, 5.74) is 2.50. The smallest absolute Gasteiger partial charge is 0.341 e. The first kappa shape index (κ1) is 22.0. The normalized spacial score (nSPS) is 11.4. The lowest BCUT2D eigenvalue weighted by molar-refractivity contribution is -0.118. The number of anilines is 1. The Morgan fingerprint density at radius 1 is 1.11 bits per heavy atom. The fraction of sp³-hybridized carbons (Fsp3) is 0.455. The monoisotopic (exact) mass is 403 g/mol. The van der Waals surface area contributed by atoms with E-state index in [2.05, 4.69) is 26.1 Å². The molecule has 1 amide bonds. The molecule has 0 saturated carbocycles. The molecular weight excluding hydrogens is 374 g/mol. The third kappa shape index (κ3) is 5.58. The van der Waals surface area contributed by atoms with Gasteiger partial charge in [-0.25, -0.2) is 4.79 Å². The lowest BCUT2D eigenvalue weighted by Crippen LogP contribution is -2.21. The zero-order valence-electron chi connectivity index (χ0n) is 17.6. The van der Waals surface area contributed by atoms with Crippen LogP contribution in [0.3, 0.4) is 0 Å². The summed E-state index contributed by atoms with van der Waals surface area (Å²) in [6.07, 6.45) is -0.227. The largest absolute Gasteiger partial charge is 0.484 e. The maximum Gasteiger partial charge on any atom is 0.341 e. The summed E-state index contributed by atoms with van der Waals surface area (Å²) in [6, 6.07) is 7.72. The van der Waals surface area contributed by atoms with Crippen molar-refractivity contribution in [3.63, 3.8) is 0 Å². The van der Waals surface area contributed by atoms with Crippen molar-refractivity contribution in [1.82, 2.24) is 0 Å². The van der Waals surface area contributed by atoms with Crippen LogP contribution >= 0.6 is 11.3 Å². The van der Waals surface area contributed by atoms with Crippen molar-refractivity contribution >= 4 is 28.2 Å². The van der Waals surface area contributed by atoms with E-state index in [1.807, 2.05) is 38.1 Å². The first-order valence-electron chi connectivity index (χ1n) is 9.33. The van der Waals surface area contributed by atoms with Crippen molar-refractivity contribution in [3.05, 3.63) is 45.8 Å². The van der Waals surface area contributed by atoms with Gasteiger partial charge in [0.1, 0.15) is 10.8 Å². The SMILES string of the molecule is Cc1sc(NC(=O)COc2ccc(C(C)(C)C)cc2)c(C(=O)OC(C)C)c1C. The zero-order chi connectivity index (χ0) is 21.1. The van der Waals surface area contributed by atoms with Crippen LogP contribution in [-0.4, -0.2) is 24.6 Å². The molecule has 6 heteroatoms. The zero-order valence-corrected chi connectivity index (χ0v) is 18.5. The Morgan fingerprint density at radius 3 is 2.25 bits per heavy atom. The van der Waals surface area contributed by atoms with E-state index < -0.39 is 5.97 Å². The molecule has 152 valence electrons. The van der Waals surface area contributed by atoms with E-state index in [0.29, 0.717) is 16.3 Å². The molecule has 0 atom stereocenters. The molecule has 1 aromatic carbocycles. The van der Waals surface area contributed by atoms with Crippen LogP contribution in [0.5, 0.6) is 5.75 Å². The van der Waals surface area contributed by atoms with Crippen molar-refractivity contribution in [1.29, 1.82) is 0 Å². The minimum atomic E-state index is -0.425. The molecule has 0 spiro atoms. The average molecular weight is 404 g/mol. The minimum absolute atomic E-state index is 0.0613. The summed E-state index contributed by atoms with van der Waals surface area (Å²) in [4.78, 5) is 25.7. The highest BCUT2D eigenvalue weighted by Gasteiger charge is 2.23. The third-order valence-corrected chi connectivity index (χ3v) is 5.40. The van der Waals surface area contributed by atoms with Gasteiger partial charge in [0.05, 0.1) is 11.7 Å². The first-order valence-corrected chi connectivity index (χ1v) is 10.1. The van der Waals surface area contributed by atoms with E-state index in [1.165, 1.54) is 16.9 Å². The lowest BCUT2D eigenvalue weighted by atomic mass is 9.87. The van der Waals surface area contributed by atoms with Crippen molar-refractivity contribution in [2.75, 3.05) is 11.9 Å². The second-order valence-electron chi connectivity index (χ2n) is 8.05. The number of ether oxygens (including phenoxy) is 2. The number of amides is 1. The summed E-state index contributed by atoms with van der Waals surface area (Å²) >= 11 is 1.36. The second-order valence-corrected chi connectivity index (χ2v) is 9.28. The molecule has 2 rings (SSSR count). The van der Waals surface area contributed by atoms with Gasteiger partial charge in [-0.05, 0) is 56.4 Å². The molecular formula is C22H29NO4S. The number of benzene rings is 1. The van der Waals surface area contributed by atoms with E-state index in [-0.39, 0.29) is 24.0 Å². The molecule has 0 saturated heterocycles. The summed E-state index contributed by atoms with van der Waals surface area (Å²) in [7, 11) is 0. The molecule has 0 aliphatic rings. The van der Waals surface area contributed by atoms with Gasteiger partial charge in [0, 0.05) is 4.88 Å². The Hall–Kier alpha value is -2.34. The first-order chi connectivity index (χ1) is 13.0. The van der Waals surface area contributed by atoms with Crippen LogP contribution in [0.2, 0.25) is 0 Å². The highest BCUT2D eigenvalue weighted by atomic mass is 32.1. The van der Waals surface area contributed by atoms with Crippen LogP contribution in [0.15, 0.2) is 24.3 Å². The van der Waals surface area contributed by atoms with Crippen molar-refractivity contribution in [3.8, 4) is 5.75 Å². The van der Waals surface area contributed by atoms with Crippen LogP contribution in [0, 0.1) is 13.8 Å². The number of hydrogen-bond donors (Lipinski definition) is 1. The molecule has 0 fully saturated rings. The maximum atomic E-state index is 12.4. The van der Waals surface area contributed by atoms with Gasteiger partial charge in [-0.3, -0.25) is 4.79 Å². The quantitative estimate of drug-likeness (QED) is 0.670. The molecule has 5 nitrogen and oxygen atoms in total. The van der Waals surface area contributed by atoms with E-state index in [0.717, 1.165) is 10.4 Å². The molecule has 1 N–H and O–H groups in total. The number of hydrogen-bond acceptors (Lipinski definition) is 5. The second kappa shape index (κ2) is 8.78. The van der Waals surface area contributed by atoms with Gasteiger partial charge in [0.2, 0.25) is 0 Å². The highest BCUT2D eigenvalue weighted by molar-refractivity contribution is 7.16. The van der Waals surface area contributed by atoms with Gasteiger partial charge in [0.15, 0.2) is 6.61 Å². The summed E-state index contributed by atoms with van der Waals surface area (Å²) in [6.45, 7) is 13.6. The predicted octanol–water partition coefficient (Wildman–Crippen LogP) is 5.25. The van der Waals surface area contributed by atoms with Gasteiger partial charge in [-0.15, -0.1) is 11.3 Å². The number of carbonyl (C=O) groups excluding carboxylic acids is 2. The maximum absolute atomic E-state index is 12.4. The number of nitrogens with one attached hydrogen (secondary N) is 1. The molecule has 28 heavy (non-hydrogen) atoms. The fourth-order valence-corrected chi connectivity index (χ4v) is 3.66. The Balaban J connectivity index is 2.03.